The Morgan fingerprint density at radius 1 is 1.20 bits per heavy atom. The van der Waals surface area contributed by atoms with Crippen LogP contribution in [0, 0.1) is 25.5 Å². The van der Waals surface area contributed by atoms with E-state index in [9.17, 15) is 8.78 Å². The number of hydrogen-bond acceptors (Lipinski definition) is 6. The van der Waals surface area contributed by atoms with Crippen molar-refractivity contribution in [1.82, 2.24) is 24.6 Å². The molecule has 186 valence electrons. The first-order chi connectivity index (χ1) is 16.7. The Morgan fingerprint density at radius 2 is 1.94 bits per heavy atom. The van der Waals surface area contributed by atoms with Gasteiger partial charge in [-0.15, -0.1) is 0 Å². The van der Waals surface area contributed by atoms with Gasteiger partial charge in [0.05, 0.1) is 5.52 Å². The molecule has 4 rings (SSSR count). The van der Waals surface area contributed by atoms with Gasteiger partial charge in [-0.25, -0.2) is 18.8 Å². The SMILES string of the molecule is C=N/C(=C\C(=N/COc1cc(F)c2[nH]c(C)cc2c1F)N1CCN(C)CC1)Nc1cc(C)n(C)n1. The van der Waals surface area contributed by atoms with Gasteiger partial charge in [0, 0.05) is 68.2 Å². The Morgan fingerprint density at radius 3 is 2.60 bits per heavy atom. The number of nitrogens with zero attached hydrogens (tertiary/aromatic N) is 6. The second-order valence-electron chi connectivity index (χ2n) is 8.60. The number of H-pyrrole nitrogens is 1. The fourth-order valence-electron chi connectivity index (χ4n) is 3.88. The van der Waals surface area contributed by atoms with Crippen LogP contribution in [0.25, 0.3) is 10.9 Å². The summed E-state index contributed by atoms with van der Waals surface area (Å²) in [6, 6.07) is 4.48. The fraction of sp³-hybridized carbons (Fsp3) is 0.375. The number of piperazine rings is 1. The topological polar surface area (TPSA) is 86.1 Å². The Balaban J connectivity index is 1.58. The molecule has 1 aromatic carbocycles. The van der Waals surface area contributed by atoms with Crippen molar-refractivity contribution < 1.29 is 13.5 Å². The molecule has 1 fully saturated rings. The first-order valence-electron chi connectivity index (χ1n) is 11.3. The van der Waals surface area contributed by atoms with Crippen LogP contribution in [0.15, 0.2) is 40.1 Å². The third-order valence-corrected chi connectivity index (χ3v) is 5.98. The summed E-state index contributed by atoms with van der Waals surface area (Å²) in [6.45, 7) is 10.4. The summed E-state index contributed by atoms with van der Waals surface area (Å²) >= 11 is 0. The quantitative estimate of drug-likeness (QED) is 0.397. The highest BCUT2D eigenvalue weighted by molar-refractivity contribution is 5.94. The molecule has 2 N–H and O–H groups in total. The number of benzene rings is 1. The van der Waals surface area contributed by atoms with E-state index in [1.807, 2.05) is 20.0 Å². The molecule has 0 unspecified atom stereocenters. The van der Waals surface area contributed by atoms with Crippen LogP contribution in [-0.2, 0) is 7.05 Å². The molecule has 0 amide bonds. The number of aryl methyl sites for hydroxylation is 3. The molecule has 0 saturated carbocycles. The van der Waals surface area contributed by atoms with Crippen LogP contribution in [0.5, 0.6) is 5.75 Å². The molecule has 0 spiro atoms. The van der Waals surface area contributed by atoms with E-state index in [1.165, 1.54) is 0 Å². The number of fused-ring (bicyclic) bond motifs is 1. The molecule has 11 heteroatoms. The van der Waals surface area contributed by atoms with Gasteiger partial charge in [0.1, 0.15) is 11.7 Å². The van der Waals surface area contributed by atoms with Crippen molar-refractivity contribution in [1.29, 1.82) is 0 Å². The number of aliphatic imine (C=N–C) groups is 2. The van der Waals surface area contributed by atoms with Crippen molar-refractivity contribution in [3.63, 3.8) is 0 Å². The Labute approximate surface area is 202 Å². The highest BCUT2D eigenvalue weighted by Gasteiger charge is 2.18. The lowest BCUT2D eigenvalue weighted by molar-refractivity contribution is 0.214. The van der Waals surface area contributed by atoms with Gasteiger partial charge >= 0.3 is 0 Å². The number of ether oxygens (including phenoxy) is 1. The van der Waals surface area contributed by atoms with Gasteiger partial charge in [-0.3, -0.25) is 4.68 Å². The standard InChI is InChI=1S/C24H30F2N8O/c1-15-10-17-23(26)19(12-18(25)24(17)29-15)35-14-28-22(34-8-6-32(4)7-9-34)13-20(27-3)30-21-11-16(2)33(5)31-21/h10-13,29H,3,6-9,14H2,1-2,4-5H3,(H,30,31)/b20-13+,28-22+. The molecule has 35 heavy (non-hydrogen) atoms. The molecule has 0 aliphatic carbocycles. The van der Waals surface area contributed by atoms with Gasteiger partial charge in [0.2, 0.25) is 0 Å². The Bertz CT molecular complexity index is 1260. The number of aromatic amines is 1. The summed E-state index contributed by atoms with van der Waals surface area (Å²) < 4.78 is 36.7. The second-order valence-corrected chi connectivity index (χ2v) is 8.60. The average Bonchev–Trinajstić information content (AvgIpc) is 3.37. The van der Waals surface area contributed by atoms with Crippen molar-refractivity contribution in [3.05, 3.63) is 53.1 Å². The molecule has 0 bridgehead atoms. The van der Waals surface area contributed by atoms with E-state index in [1.54, 1.807) is 23.7 Å². The zero-order valence-corrected chi connectivity index (χ0v) is 20.4. The van der Waals surface area contributed by atoms with Crippen LogP contribution < -0.4 is 10.1 Å². The molecule has 1 aliphatic heterocycles. The number of likely N-dealkylation sites (N-methyl/N-ethyl adjacent to an activating group) is 1. The zero-order valence-electron chi connectivity index (χ0n) is 20.4. The monoisotopic (exact) mass is 484 g/mol. The third kappa shape index (κ3) is 5.51. The minimum absolute atomic E-state index is 0.120. The number of rotatable bonds is 7. The van der Waals surface area contributed by atoms with Crippen molar-refractivity contribution in [3.8, 4) is 5.75 Å². The zero-order chi connectivity index (χ0) is 25.1. The summed E-state index contributed by atoms with van der Waals surface area (Å²) in [5.41, 5.74) is 1.77. The first kappa shape index (κ1) is 24.4. The van der Waals surface area contributed by atoms with Gasteiger partial charge in [-0.05, 0) is 33.7 Å². The number of halogens is 2. The maximum atomic E-state index is 14.9. The fourth-order valence-corrected chi connectivity index (χ4v) is 3.88. The van der Waals surface area contributed by atoms with Gasteiger partial charge in [0.25, 0.3) is 0 Å². The summed E-state index contributed by atoms with van der Waals surface area (Å²) in [5, 5.41) is 7.68. The molecule has 3 heterocycles. The van der Waals surface area contributed by atoms with E-state index in [0.717, 1.165) is 37.9 Å². The van der Waals surface area contributed by atoms with Crippen LogP contribution in [0.4, 0.5) is 14.6 Å². The van der Waals surface area contributed by atoms with Crippen LogP contribution in [0.2, 0.25) is 0 Å². The van der Waals surface area contributed by atoms with Crippen molar-refractivity contribution in [2.24, 2.45) is 17.0 Å². The normalized spacial score (nSPS) is 15.7. The number of aromatic nitrogens is 3. The molecular formula is C24H30F2N8O. The molecule has 1 aliphatic rings. The van der Waals surface area contributed by atoms with Gasteiger partial charge in [-0.2, -0.15) is 5.10 Å². The highest BCUT2D eigenvalue weighted by atomic mass is 19.1. The van der Waals surface area contributed by atoms with E-state index >= 15 is 0 Å². The predicted molar refractivity (Wildman–Crippen MR) is 134 cm³/mol. The molecule has 1 saturated heterocycles. The van der Waals surface area contributed by atoms with E-state index in [2.05, 4.69) is 48.9 Å². The summed E-state index contributed by atoms with van der Waals surface area (Å²) in [5.74, 6) is 0.287. The highest BCUT2D eigenvalue weighted by Crippen LogP contribution is 2.29. The van der Waals surface area contributed by atoms with Gasteiger partial charge < -0.3 is 24.8 Å². The molecule has 2 aromatic heterocycles. The predicted octanol–water partition coefficient (Wildman–Crippen LogP) is 3.43. The largest absolute Gasteiger partial charge is 0.468 e. The number of anilines is 1. The lowest BCUT2D eigenvalue weighted by atomic mass is 10.2. The lowest BCUT2D eigenvalue weighted by Crippen LogP contribution is -2.47. The first-order valence-corrected chi connectivity index (χ1v) is 11.3. The second kappa shape index (κ2) is 10.3. The maximum Gasteiger partial charge on any atom is 0.181 e. The summed E-state index contributed by atoms with van der Waals surface area (Å²) in [7, 11) is 3.92. The summed E-state index contributed by atoms with van der Waals surface area (Å²) in [4.78, 5) is 15.8. The van der Waals surface area contributed by atoms with Crippen LogP contribution in [-0.4, -0.2) is 77.1 Å². The van der Waals surface area contributed by atoms with Crippen molar-refractivity contribution >= 4 is 29.3 Å². The minimum atomic E-state index is -0.627. The third-order valence-electron chi connectivity index (χ3n) is 5.98. The number of hydrogen-bond donors (Lipinski definition) is 2. The molecule has 3 aromatic rings. The van der Waals surface area contributed by atoms with Gasteiger partial charge in [-0.1, -0.05) is 0 Å². The van der Waals surface area contributed by atoms with E-state index < -0.39 is 11.6 Å². The molecule has 0 radical (unpaired) electrons. The Kier molecular flexibility index (Phi) is 7.15. The van der Waals surface area contributed by atoms with E-state index in [0.29, 0.717) is 23.2 Å². The smallest absolute Gasteiger partial charge is 0.181 e. The lowest BCUT2D eigenvalue weighted by Gasteiger charge is -2.33. The van der Waals surface area contributed by atoms with Crippen LogP contribution in [0.1, 0.15) is 11.4 Å². The number of amidine groups is 1. The van der Waals surface area contributed by atoms with Gasteiger partial charge in [0.15, 0.2) is 29.9 Å². The maximum absolute atomic E-state index is 14.9. The van der Waals surface area contributed by atoms with E-state index in [4.69, 9.17) is 4.74 Å². The molecule has 0 atom stereocenters. The Hall–Kier alpha value is -3.73. The molecule has 9 nitrogen and oxygen atoms in total. The average molecular weight is 485 g/mol. The van der Waals surface area contributed by atoms with Crippen molar-refractivity contribution in [2.45, 2.75) is 13.8 Å². The molecular weight excluding hydrogens is 454 g/mol. The van der Waals surface area contributed by atoms with Crippen molar-refractivity contribution in [2.75, 3.05) is 45.3 Å². The van der Waals surface area contributed by atoms with Crippen LogP contribution in [0.3, 0.4) is 0 Å². The minimum Gasteiger partial charge on any atom is -0.468 e. The number of nitrogens with one attached hydrogen (secondary N) is 2. The summed E-state index contributed by atoms with van der Waals surface area (Å²) in [6.07, 6.45) is 1.75. The van der Waals surface area contributed by atoms with Crippen LogP contribution >= 0.6 is 0 Å². The van der Waals surface area contributed by atoms with E-state index in [-0.39, 0.29) is 23.4 Å².